The van der Waals surface area contributed by atoms with E-state index in [9.17, 15) is 0 Å². The van der Waals surface area contributed by atoms with Crippen LogP contribution in [0.5, 0.6) is 0 Å². The van der Waals surface area contributed by atoms with E-state index in [2.05, 4.69) is 0 Å². The minimum absolute atomic E-state index is 0.00313. The Balaban J connectivity index is 2.04. The van der Waals surface area contributed by atoms with Crippen LogP contribution in [-0.4, -0.2) is 19.5 Å². The van der Waals surface area contributed by atoms with Crippen LogP contribution >= 0.6 is 11.6 Å². The van der Waals surface area contributed by atoms with Crippen LogP contribution in [0.2, 0.25) is 0 Å². The van der Waals surface area contributed by atoms with Crippen LogP contribution in [0.4, 0.5) is 0 Å². The molecule has 1 unspecified atom stereocenters. The SMILES string of the molecule is Cl/C=C/COC1CCCCO1. The minimum atomic E-state index is -0.00313. The predicted molar refractivity (Wildman–Crippen MR) is 44.5 cm³/mol. The summed E-state index contributed by atoms with van der Waals surface area (Å²) >= 11 is 5.32. The molecule has 1 rings (SSSR count). The van der Waals surface area contributed by atoms with Gasteiger partial charge in [0, 0.05) is 12.1 Å². The van der Waals surface area contributed by atoms with E-state index < -0.39 is 0 Å². The van der Waals surface area contributed by atoms with Gasteiger partial charge in [-0.1, -0.05) is 11.6 Å². The first-order valence-corrected chi connectivity index (χ1v) is 4.35. The first kappa shape index (κ1) is 9.04. The van der Waals surface area contributed by atoms with Gasteiger partial charge in [-0.15, -0.1) is 0 Å². The monoisotopic (exact) mass is 176 g/mol. The maximum absolute atomic E-state index is 5.33. The van der Waals surface area contributed by atoms with Crippen molar-refractivity contribution in [1.82, 2.24) is 0 Å². The molecule has 3 heteroatoms. The largest absolute Gasteiger partial charge is 0.353 e. The molecule has 11 heavy (non-hydrogen) atoms. The Kier molecular flexibility index (Phi) is 4.59. The summed E-state index contributed by atoms with van der Waals surface area (Å²) in [7, 11) is 0. The Morgan fingerprint density at radius 3 is 3.09 bits per heavy atom. The molecule has 0 aromatic carbocycles. The summed E-state index contributed by atoms with van der Waals surface area (Å²) in [6.07, 6.45) is 5.13. The Morgan fingerprint density at radius 2 is 2.45 bits per heavy atom. The van der Waals surface area contributed by atoms with Gasteiger partial charge in [-0.3, -0.25) is 0 Å². The second kappa shape index (κ2) is 5.58. The molecule has 64 valence electrons. The molecular weight excluding hydrogens is 164 g/mol. The summed E-state index contributed by atoms with van der Waals surface area (Å²) in [5.74, 6) is 0. The van der Waals surface area contributed by atoms with Gasteiger partial charge in [0.25, 0.3) is 0 Å². The van der Waals surface area contributed by atoms with Crippen molar-refractivity contribution in [2.45, 2.75) is 25.6 Å². The number of ether oxygens (including phenoxy) is 2. The molecular formula is C8H13ClO2. The van der Waals surface area contributed by atoms with Crippen molar-refractivity contribution in [3.63, 3.8) is 0 Å². The lowest BCUT2D eigenvalue weighted by molar-refractivity contribution is -0.155. The molecule has 1 heterocycles. The summed E-state index contributed by atoms with van der Waals surface area (Å²) in [5.41, 5.74) is 1.46. The van der Waals surface area contributed by atoms with Gasteiger partial charge in [0.1, 0.15) is 0 Å². The van der Waals surface area contributed by atoms with Crippen LogP contribution in [0.1, 0.15) is 19.3 Å². The Morgan fingerprint density at radius 1 is 1.55 bits per heavy atom. The molecule has 1 aliphatic rings. The van der Waals surface area contributed by atoms with E-state index in [1.807, 2.05) is 0 Å². The highest BCUT2D eigenvalue weighted by Gasteiger charge is 2.12. The molecule has 0 aromatic heterocycles. The predicted octanol–water partition coefficient (Wildman–Crippen LogP) is 2.28. The lowest BCUT2D eigenvalue weighted by Crippen LogP contribution is -2.22. The van der Waals surface area contributed by atoms with Crippen LogP contribution in [0, 0.1) is 0 Å². The second-order valence-corrected chi connectivity index (χ2v) is 2.74. The normalized spacial score (nSPS) is 26.1. The second-order valence-electron chi connectivity index (χ2n) is 2.49. The fourth-order valence-corrected chi connectivity index (χ4v) is 1.11. The minimum Gasteiger partial charge on any atom is -0.353 e. The molecule has 1 atom stereocenters. The average Bonchev–Trinajstić information content (AvgIpc) is 2.07. The highest BCUT2D eigenvalue weighted by atomic mass is 35.5. The zero-order chi connectivity index (χ0) is 7.94. The third-order valence-electron chi connectivity index (χ3n) is 1.61. The number of hydrogen-bond acceptors (Lipinski definition) is 2. The molecule has 1 fully saturated rings. The van der Waals surface area contributed by atoms with Crippen LogP contribution in [-0.2, 0) is 9.47 Å². The van der Waals surface area contributed by atoms with Gasteiger partial charge >= 0.3 is 0 Å². The molecule has 0 aromatic rings. The van der Waals surface area contributed by atoms with Crippen molar-refractivity contribution < 1.29 is 9.47 Å². The summed E-state index contributed by atoms with van der Waals surface area (Å²) < 4.78 is 10.7. The lowest BCUT2D eigenvalue weighted by atomic mass is 10.2. The third kappa shape index (κ3) is 3.75. The molecule has 0 bridgehead atoms. The summed E-state index contributed by atoms with van der Waals surface area (Å²) in [6.45, 7) is 1.38. The van der Waals surface area contributed by atoms with Crippen LogP contribution in [0.3, 0.4) is 0 Å². The smallest absolute Gasteiger partial charge is 0.157 e. The van der Waals surface area contributed by atoms with E-state index in [0.29, 0.717) is 6.61 Å². The Labute approximate surface area is 72.1 Å². The Hall–Kier alpha value is -0.0500. The first-order valence-electron chi connectivity index (χ1n) is 3.92. The van der Waals surface area contributed by atoms with Crippen LogP contribution in [0.15, 0.2) is 11.6 Å². The molecule has 1 aliphatic heterocycles. The highest BCUT2D eigenvalue weighted by molar-refractivity contribution is 6.25. The topological polar surface area (TPSA) is 18.5 Å². The van der Waals surface area contributed by atoms with Gasteiger partial charge in [-0.2, -0.15) is 0 Å². The van der Waals surface area contributed by atoms with E-state index in [1.165, 1.54) is 12.0 Å². The summed E-state index contributed by atoms with van der Waals surface area (Å²) in [5, 5.41) is 0. The van der Waals surface area contributed by atoms with E-state index in [4.69, 9.17) is 21.1 Å². The highest BCUT2D eigenvalue weighted by Crippen LogP contribution is 2.13. The van der Waals surface area contributed by atoms with Gasteiger partial charge in [0.2, 0.25) is 0 Å². The molecule has 0 radical (unpaired) electrons. The van der Waals surface area contributed by atoms with Gasteiger partial charge in [-0.05, 0) is 25.3 Å². The van der Waals surface area contributed by atoms with E-state index in [-0.39, 0.29) is 6.29 Å². The van der Waals surface area contributed by atoms with Crippen molar-refractivity contribution in [3.05, 3.63) is 11.6 Å². The summed E-state index contributed by atoms with van der Waals surface area (Å²) in [4.78, 5) is 0. The van der Waals surface area contributed by atoms with Crippen LogP contribution < -0.4 is 0 Å². The quantitative estimate of drug-likeness (QED) is 0.657. The third-order valence-corrected chi connectivity index (χ3v) is 1.78. The molecule has 0 saturated carbocycles. The molecule has 0 spiro atoms. The Bertz CT molecular complexity index is 119. The van der Waals surface area contributed by atoms with Gasteiger partial charge in [-0.25, -0.2) is 0 Å². The lowest BCUT2D eigenvalue weighted by Gasteiger charge is -2.21. The maximum atomic E-state index is 5.33. The maximum Gasteiger partial charge on any atom is 0.157 e. The molecule has 0 amide bonds. The zero-order valence-corrected chi connectivity index (χ0v) is 7.22. The van der Waals surface area contributed by atoms with Crippen molar-refractivity contribution >= 4 is 11.6 Å². The van der Waals surface area contributed by atoms with Gasteiger partial charge in [0.05, 0.1) is 6.61 Å². The van der Waals surface area contributed by atoms with Crippen molar-refractivity contribution in [1.29, 1.82) is 0 Å². The van der Waals surface area contributed by atoms with Crippen molar-refractivity contribution in [3.8, 4) is 0 Å². The number of hydrogen-bond donors (Lipinski definition) is 0. The van der Waals surface area contributed by atoms with E-state index in [0.717, 1.165) is 19.4 Å². The fourth-order valence-electron chi connectivity index (χ4n) is 1.04. The number of rotatable bonds is 3. The fraction of sp³-hybridized carbons (Fsp3) is 0.750. The van der Waals surface area contributed by atoms with Crippen molar-refractivity contribution in [2.24, 2.45) is 0 Å². The first-order chi connectivity index (χ1) is 5.43. The van der Waals surface area contributed by atoms with E-state index in [1.54, 1.807) is 6.08 Å². The summed E-state index contributed by atoms with van der Waals surface area (Å²) in [6, 6.07) is 0. The standard InChI is InChI=1S/C8H13ClO2/c9-5-3-7-11-8-4-1-2-6-10-8/h3,5,8H,1-2,4,6-7H2/b5-3+. The van der Waals surface area contributed by atoms with Crippen molar-refractivity contribution in [2.75, 3.05) is 13.2 Å². The number of halogens is 1. The van der Waals surface area contributed by atoms with Gasteiger partial charge < -0.3 is 9.47 Å². The molecule has 0 aliphatic carbocycles. The van der Waals surface area contributed by atoms with E-state index >= 15 is 0 Å². The van der Waals surface area contributed by atoms with Gasteiger partial charge in [0.15, 0.2) is 6.29 Å². The van der Waals surface area contributed by atoms with Crippen LogP contribution in [0.25, 0.3) is 0 Å². The average molecular weight is 177 g/mol. The molecule has 2 nitrogen and oxygen atoms in total. The molecule has 1 saturated heterocycles. The molecule has 0 N–H and O–H groups in total. The zero-order valence-electron chi connectivity index (χ0n) is 6.46.